The quantitative estimate of drug-likeness (QED) is 0.215. The van der Waals surface area contributed by atoms with E-state index in [9.17, 15) is 32.7 Å². The highest BCUT2D eigenvalue weighted by Gasteiger charge is 2.37. The van der Waals surface area contributed by atoms with Crippen LogP contribution in [0.5, 0.6) is 5.75 Å². The van der Waals surface area contributed by atoms with Crippen LogP contribution in [0.2, 0.25) is 0 Å². The standard InChI is InChI=1S/C40H49F4N3O5/c1-5-46(6-2)15-14-27-23-47(35(48)21-31(27)40(42,43)44)33-11-9-7-8-10-16-52-34-18-24(3)17-25(4)37(34)28-19-29(26-12-13-26)38(41)30(20-28)32(22-36(49)50)45-39(33)51/h17-21,23,26,32-33H,5-16,22H2,1-4H3,(H,45,51)(H,49,50)/t32-,33-/m0/s1. The molecule has 0 unspecified atom stereocenters. The van der Waals surface area contributed by atoms with Crippen LogP contribution < -0.4 is 15.6 Å². The van der Waals surface area contributed by atoms with Crippen LogP contribution in [0.4, 0.5) is 17.6 Å². The minimum absolute atomic E-state index is 0.00482. The molecule has 1 aliphatic heterocycles. The zero-order valence-corrected chi connectivity index (χ0v) is 30.4. The van der Waals surface area contributed by atoms with Gasteiger partial charge in [-0.25, -0.2) is 4.39 Å². The normalized spacial score (nSPS) is 18.8. The average Bonchev–Trinajstić information content (AvgIpc) is 3.91. The first-order chi connectivity index (χ1) is 24.7. The fourth-order valence-electron chi connectivity index (χ4n) is 7.34. The molecule has 5 rings (SSSR count). The van der Waals surface area contributed by atoms with Crippen LogP contribution in [0.15, 0.2) is 41.3 Å². The van der Waals surface area contributed by atoms with Gasteiger partial charge in [0.05, 0.1) is 24.6 Å². The molecule has 1 amide bonds. The molecule has 2 aliphatic rings. The van der Waals surface area contributed by atoms with Crippen molar-refractivity contribution in [3.63, 3.8) is 0 Å². The number of aryl methyl sites for hydroxylation is 2. The molecule has 0 spiro atoms. The van der Waals surface area contributed by atoms with E-state index in [0.29, 0.717) is 68.4 Å². The van der Waals surface area contributed by atoms with E-state index in [-0.39, 0.29) is 29.9 Å². The number of carboxylic acid groups (broad SMARTS) is 1. The number of nitrogens with zero attached hydrogens (tertiary/aromatic N) is 2. The summed E-state index contributed by atoms with van der Waals surface area (Å²) >= 11 is 0. The van der Waals surface area contributed by atoms with Crippen molar-refractivity contribution >= 4 is 11.9 Å². The zero-order chi connectivity index (χ0) is 37.7. The van der Waals surface area contributed by atoms with Crippen molar-refractivity contribution in [2.75, 3.05) is 26.2 Å². The summed E-state index contributed by atoms with van der Waals surface area (Å²) in [4.78, 5) is 42.0. The third kappa shape index (κ3) is 9.23. The van der Waals surface area contributed by atoms with Gasteiger partial charge in [0.1, 0.15) is 17.6 Å². The monoisotopic (exact) mass is 727 g/mol. The molecule has 1 aliphatic carbocycles. The number of nitrogens with one attached hydrogen (secondary N) is 1. The number of ether oxygens (including phenoxy) is 1. The Bertz CT molecular complexity index is 1830. The SMILES string of the molecule is CCN(CC)CCc1cn([C@H]2CCCCCCOc3cc(C)cc(C)c3-c3cc(C4CC4)c(F)c(c3)[C@H](CC(=O)O)NC2=O)c(=O)cc1C(F)(F)F. The van der Waals surface area contributed by atoms with Gasteiger partial charge in [0, 0.05) is 29.9 Å². The predicted octanol–water partition coefficient (Wildman–Crippen LogP) is 8.27. The van der Waals surface area contributed by atoms with E-state index >= 15 is 4.39 Å². The molecular weight excluding hydrogens is 678 g/mol. The van der Waals surface area contributed by atoms with Crippen molar-refractivity contribution in [1.29, 1.82) is 0 Å². The van der Waals surface area contributed by atoms with Gasteiger partial charge in [-0.2, -0.15) is 13.2 Å². The number of aliphatic carboxylic acids is 1. The zero-order valence-electron chi connectivity index (χ0n) is 30.4. The third-order valence-corrected chi connectivity index (χ3v) is 10.3. The number of fused-ring (bicyclic) bond motifs is 4. The molecule has 1 fully saturated rings. The van der Waals surface area contributed by atoms with Gasteiger partial charge in [-0.3, -0.25) is 14.4 Å². The molecule has 8 nitrogen and oxygen atoms in total. The van der Waals surface area contributed by atoms with Crippen LogP contribution >= 0.6 is 0 Å². The van der Waals surface area contributed by atoms with Crippen LogP contribution in [-0.4, -0.2) is 52.7 Å². The largest absolute Gasteiger partial charge is 0.493 e. The summed E-state index contributed by atoms with van der Waals surface area (Å²) in [6.45, 7) is 9.69. The first-order valence-electron chi connectivity index (χ1n) is 18.4. The molecule has 2 N–H and O–H groups in total. The number of hydrogen-bond donors (Lipinski definition) is 2. The van der Waals surface area contributed by atoms with E-state index in [1.807, 2.05) is 44.7 Å². The molecule has 12 heteroatoms. The number of likely N-dealkylation sites (N-methyl/N-ethyl adjacent to an activating group) is 1. The van der Waals surface area contributed by atoms with E-state index in [1.54, 1.807) is 12.1 Å². The Morgan fingerprint density at radius 1 is 0.981 bits per heavy atom. The van der Waals surface area contributed by atoms with Crippen LogP contribution in [0.25, 0.3) is 11.1 Å². The molecule has 52 heavy (non-hydrogen) atoms. The molecule has 2 aromatic carbocycles. The second kappa shape index (κ2) is 16.7. The summed E-state index contributed by atoms with van der Waals surface area (Å²) in [5, 5.41) is 12.7. The molecule has 0 radical (unpaired) electrons. The Morgan fingerprint density at radius 2 is 1.67 bits per heavy atom. The smallest absolute Gasteiger partial charge is 0.416 e. The van der Waals surface area contributed by atoms with Gasteiger partial charge in [-0.15, -0.1) is 0 Å². The molecule has 2 heterocycles. The van der Waals surface area contributed by atoms with Gasteiger partial charge >= 0.3 is 12.1 Å². The lowest BCUT2D eigenvalue weighted by atomic mass is 9.90. The lowest BCUT2D eigenvalue weighted by molar-refractivity contribution is -0.139. The first-order valence-corrected chi connectivity index (χ1v) is 18.4. The summed E-state index contributed by atoms with van der Waals surface area (Å²) in [7, 11) is 0. The van der Waals surface area contributed by atoms with Gasteiger partial charge in [0.25, 0.3) is 5.56 Å². The molecule has 2 bridgehead atoms. The number of aromatic nitrogens is 1. The van der Waals surface area contributed by atoms with E-state index in [4.69, 9.17) is 4.74 Å². The Kier molecular flexibility index (Phi) is 12.5. The van der Waals surface area contributed by atoms with Gasteiger partial charge in [0.2, 0.25) is 5.91 Å². The van der Waals surface area contributed by atoms with Crippen molar-refractivity contribution in [3.05, 3.63) is 86.1 Å². The van der Waals surface area contributed by atoms with E-state index in [1.165, 1.54) is 0 Å². The Morgan fingerprint density at radius 3 is 2.33 bits per heavy atom. The number of hydrogen-bond acceptors (Lipinski definition) is 5. The molecule has 2 atom stereocenters. The van der Waals surface area contributed by atoms with Crippen molar-refractivity contribution in [2.45, 2.75) is 110 Å². The van der Waals surface area contributed by atoms with Crippen molar-refractivity contribution in [2.24, 2.45) is 0 Å². The molecule has 0 saturated heterocycles. The number of carbonyl (C=O) groups is 2. The second-order valence-electron chi connectivity index (χ2n) is 14.2. The Labute approximate surface area is 302 Å². The maximum atomic E-state index is 16.5. The highest BCUT2D eigenvalue weighted by atomic mass is 19.4. The van der Waals surface area contributed by atoms with Crippen molar-refractivity contribution in [3.8, 4) is 16.9 Å². The minimum atomic E-state index is -4.79. The Balaban J connectivity index is 1.64. The summed E-state index contributed by atoms with van der Waals surface area (Å²) in [5.41, 5.74) is 1.54. The third-order valence-electron chi connectivity index (χ3n) is 10.3. The number of halogens is 4. The van der Waals surface area contributed by atoms with Gasteiger partial charge in [-0.05, 0) is 111 Å². The summed E-state index contributed by atoms with van der Waals surface area (Å²) in [6, 6.07) is 5.24. The Hall–Kier alpha value is -4.19. The van der Waals surface area contributed by atoms with Crippen molar-refractivity contribution < 1.29 is 37.0 Å². The molecular formula is C40H49F4N3O5. The average molecular weight is 728 g/mol. The number of carboxylic acids is 1. The first kappa shape index (κ1) is 39.0. The lowest BCUT2D eigenvalue weighted by Crippen LogP contribution is -2.40. The van der Waals surface area contributed by atoms with Crippen molar-refractivity contribution in [1.82, 2.24) is 14.8 Å². The predicted molar refractivity (Wildman–Crippen MR) is 191 cm³/mol. The van der Waals surface area contributed by atoms with Gasteiger partial charge in [0.15, 0.2) is 0 Å². The number of amides is 1. The summed E-state index contributed by atoms with van der Waals surface area (Å²) in [5.74, 6) is -2.07. The van der Waals surface area contributed by atoms with E-state index in [2.05, 4.69) is 5.32 Å². The summed E-state index contributed by atoms with van der Waals surface area (Å²) in [6.07, 6.45) is -0.153. The number of benzene rings is 2. The molecule has 3 aromatic rings. The number of rotatable bonds is 9. The molecule has 1 saturated carbocycles. The van der Waals surface area contributed by atoms with E-state index in [0.717, 1.165) is 46.7 Å². The fourth-order valence-corrected chi connectivity index (χ4v) is 7.34. The second-order valence-corrected chi connectivity index (χ2v) is 14.2. The molecule has 282 valence electrons. The molecule has 1 aromatic heterocycles. The fraction of sp³-hybridized carbons (Fsp3) is 0.525. The topological polar surface area (TPSA) is 101 Å². The van der Waals surface area contributed by atoms with Gasteiger partial charge < -0.3 is 24.6 Å². The van der Waals surface area contributed by atoms with Crippen LogP contribution in [0.1, 0.15) is 117 Å². The van der Waals surface area contributed by atoms with Crippen LogP contribution in [0.3, 0.4) is 0 Å². The maximum absolute atomic E-state index is 16.5. The number of carbonyl (C=O) groups excluding carboxylic acids is 1. The van der Waals surface area contributed by atoms with Crippen LogP contribution in [-0.2, 0) is 22.2 Å². The van der Waals surface area contributed by atoms with Gasteiger partial charge in [-0.1, -0.05) is 39.2 Å². The van der Waals surface area contributed by atoms with Crippen LogP contribution in [0, 0.1) is 19.7 Å². The maximum Gasteiger partial charge on any atom is 0.416 e. The highest BCUT2D eigenvalue weighted by molar-refractivity contribution is 5.82. The number of pyridine rings is 1. The lowest BCUT2D eigenvalue weighted by Gasteiger charge is -2.27. The van der Waals surface area contributed by atoms with E-state index < -0.39 is 53.5 Å². The number of alkyl halides is 3. The highest BCUT2D eigenvalue weighted by Crippen LogP contribution is 2.46. The minimum Gasteiger partial charge on any atom is -0.493 e. The summed E-state index contributed by atoms with van der Waals surface area (Å²) < 4.78 is 66.5.